The number of hydrogen-bond donors (Lipinski definition) is 10. The summed E-state index contributed by atoms with van der Waals surface area (Å²) in [6.45, 7) is 0. The third-order valence-corrected chi connectivity index (χ3v) is 16.8. The number of aromatic hydroxyl groups is 1. The molecule has 0 heterocycles. The second-order valence-corrected chi connectivity index (χ2v) is 24.1. The van der Waals surface area contributed by atoms with Gasteiger partial charge in [-0.05, 0) is 96.4 Å². The van der Waals surface area contributed by atoms with Crippen LogP contribution < -0.4 is 21.9 Å². The van der Waals surface area contributed by atoms with Crippen molar-refractivity contribution in [1.82, 2.24) is 0 Å². The number of sulfone groups is 1. The van der Waals surface area contributed by atoms with Gasteiger partial charge in [0.25, 0.3) is 40.4 Å². The van der Waals surface area contributed by atoms with Crippen LogP contribution in [0.3, 0.4) is 0 Å². The fraction of sp³-hybridized carbons (Fsp3) is 0.0556. The van der Waals surface area contributed by atoms with Crippen molar-refractivity contribution >= 4 is 141 Å². The number of nitrogens with one attached hydrogen (secondary N) is 1. The number of rotatable bonds is 20. The van der Waals surface area contributed by atoms with E-state index in [1.807, 2.05) is 0 Å². The van der Waals surface area contributed by atoms with Crippen LogP contribution in [0.15, 0.2) is 151 Å². The molecule has 388 valence electrons. The van der Waals surface area contributed by atoms with E-state index in [9.17, 15) is 65.1 Å². The number of sulfonamides is 1. The normalized spacial score (nSPS) is 13.4. The van der Waals surface area contributed by atoms with E-state index in [1.54, 1.807) is 0 Å². The first kappa shape index (κ1) is 55.6. The van der Waals surface area contributed by atoms with Crippen LogP contribution in [-0.2, 0) is 75.0 Å². The summed E-state index contributed by atoms with van der Waals surface area (Å²) < 4.78 is 176. The van der Waals surface area contributed by atoms with E-state index in [2.05, 4.69) is 49.1 Å². The molecule has 1 atom stereocenters. The van der Waals surface area contributed by atoms with Gasteiger partial charge in [0.1, 0.15) is 37.4 Å². The van der Waals surface area contributed by atoms with Gasteiger partial charge in [0.15, 0.2) is 26.7 Å². The van der Waals surface area contributed by atoms with Crippen molar-refractivity contribution in [1.29, 1.82) is 0 Å². The number of nitrogen functional groups attached to an aromatic ring is 3. The van der Waals surface area contributed by atoms with E-state index in [1.165, 1.54) is 48.5 Å². The number of benzene rings is 6. The molecule has 0 radical (unpaired) electrons. The molecule has 0 aliphatic heterocycles. The molecule has 0 saturated heterocycles. The van der Waals surface area contributed by atoms with Gasteiger partial charge in [-0.2, -0.15) is 35.5 Å². The summed E-state index contributed by atoms with van der Waals surface area (Å²) >= 11 is -2.32. The van der Waals surface area contributed by atoms with Gasteiger partial charge in [0.05, 0.1) is 72.1 Å². The predicted octanol–water partition coefficient (Wildman–Crippen LogP) is 6.43. The van der Waals surface area contributed by atoms with Crippen LogP contribution in [0.2, 0.25) is 0 Å². The summed E-state index contributed by atoms with van der Waals surface area (Å²) in [4.78, 5) is -4.09. The van der Waals surface area contributed by atoms with Gasteiger partial charge in [0.2, 0.25) is 0 Å². The molecule has 0 saturated carbocycles. The van der Waals surface area contributed by atoms with Crippen molar-refractivity contribution in [2.45, 2.75) is 29.4 Å². The third kappa shape index (κ3) is 13.3. The summed E-state index contributed by atoms with van der Waals surface area (Å²) in [7, 11) is -23.9. The number of phenols is 1. The lowest BCUT2D eigenvalue weighted by molar-refractivity contribution is -0.432. The smallest absolute Gasteiger partial charge is 0.296 e. The number of phenolic OH excluding ortho intramolecular Hbond substituents is 1. The van der Waals surface area contributed by atoms with E-state index >= 15 is 0 Å². The lowest BCUT2D eigenvalue weighted by Gasteiger charge is -2.14. The fourth-order valence-corrected chi connectivity index (χ4v) is 11.9. The van der Waals surface area contributed by atoms with E-state index in [0.717, 1.165) is 36.4 Å². The topological polar surface area (TPSA) is 501 Å². The highest BCUT2D eigenvalue weighted by Gasteiger charge is 2.27. The lowest BCUT2D eigenvalue weighted by atomic mass is 10.1. The second-order valence-electron chi connectivity index (χ2n) is 14.2. The van der Waals surface area contributed by atoms with Gasteiger partial charge in [-0.15, -0.1) is 29.1 Å². The van der Waals surface area contributed by atoms with Gasteiger partial charge >= 0.3 is 0 Å². The largest absolute Gasteiger partial charge is 0.505 e. The summed E-state index contributed by atoms with van der Waals surface area (Å²) in [6.07, 6.45) is 0. The minimum absolute atomic E-state index is 0.0101. The molecule has 6 rings (SSSR count). The van der Waals surface area contributed by atoms with Gasteiger partial charge in [0, 0.05) is 5.69 Å². The van der Waals surface area contributed by atoms with Crippen molar-refractivity contribution in [3.05, 3.63) is 91.0 Å². The Kier molecular flexibility index (Phi) is 16.6. The van der Waals surface area contributed by atoms with Crippen molar-refractivity contribution in [2.24, 2.45) is 30.7 Å². The van der Waals surface area contributed by atoms with Gasteiger partial charge in [-0.25, -0.2) is 31.6 Å². The van der Waals surface area contributed by atoms with Crippen LogP contribution in [0.4, 0.5) is 56.9 Å². The molecule has 0 aliphatic rings. The Morgan fingerprint density at radius 2 is 1.16 bits per heavy atom. The minimum atomic E-state index is -5.29. The molecule has 1 unspecified atom stereocenters. The van der Waals surface area contributed by atoms with Gasteiger partial charge < -0.3 is 22.3 Å². The van der Waals surface area contributed by atoms with E-state index < -0.39 is 126 Å². The maximum atomic E-state index is 13.2. The molecular weight excluding hydrogens is 1120 g/mol. The Bertz CT molecular complexity index is 3870. The molecule has 0 spiro atoms. The Morgan fingerprint density at radius 1 is 0.603 bits per heavy atom. The minimum Gasteiger partial charge on any atom is -0.505 e. The fourth-order valence-electron chi connectivity index (χ4n) is 6.07. The van der Waals surface area contributed by atoms with E-state index in [0.29, 0.717) is 6.07 Å². The molecule has 13 N–H and O–H groups in total. The Balaban J connectivity index is 1.29. The molecule has 0 aromatic heterocycles. The number of nitrogens with two attached hydrogens (primary N) is 3. The summed E-state index contributed by atoms with van der Waals surface area (Å²) in [5, 5.41) is 54.8. The summed E-state index contributed by atoms with van der Waals surface area (Å²) in [5.74, 6) is -2.62. The first-order valence-corrected chi connectivity index (χ1v) is 28.4. The number of azo groups is 3. The zero-order valence-corrected chi connectivity index (χ0v) is 41.5. The van der Waals surface area contributed by atoms with Crippen LogP contribution in [0.1, 0.15) is 0 Å². The third-order valence-electron chi connectivity index (χ3n) is 9.42. The number of nitrogens with zero attached hydrogens (tertiary/aromatic N) is 6. The van der Waals surface area contributed by atoms with Crippen molar-refractivity contribution in [2.75, 3.05) is 33.4 Å². The molecule has 0 aliphatic carbocycles. The average molecular weight is 1150 g/mol. The zero-order chi connectivity index (χ0) is 53.8. The Hall–Kier alpha value is -6.69. The molecule has 37 heteroatoms. The first-order chi connectivity index (χ1) is 34.0. The van der Waals surface area contributed by atoms with Crippen LogP contribution in [-0.4, -0.2) is 87.1 Å². The number of hydrogen-bond acceptors (Lipinski definition) is 27. The Morgan fingerprint density at radius 3 is 1.75 bits per heavy atom. The zero-order valence-electron chi connectivity index (χ0n) is 35.7. The highest BCUT2D eigenvalue weighted by Crippen LogP contribution is 2.50. The first-order valence-electron chi connectivity index (χ1n) is 19.0. The molecule has 73 heavy (non-hydrogen) atoms. The molecule has 0 fully saturated rings. The Labute approximate surface area is 418 Å². The van der Waals surface area contributed by atoms with Gasteiger partial charge in [-0.3, -0.25) is 18.4 Å². The standard InChI is InChI=1S/C36H32N10O20S7/c37-24-16-25(38)29(71(55,56)57)17-27(24)43-40-20-5-7-22(8-6-20)70(53,54)46-21-3-1-19(2-4-21)41-45-35-31(73(61,62)63)14-18-13-28(67-66-64-48)34(36(47)32(18)33(35)39)44-42-26-10-9-23(15-30(26)72(58,59)60)69(51,52)12-11-68(50)65-49/h1-10,13-17,46-49H,11-12,37-39H2,(H,55,56,57)(H,58,59,60)(H,61,62,63). The summed E-state index contributed by atoms with van der Waals surface area (Å²) in [5.41, 5.74) is 14.4. The number of anilines is 4. The van der Waals surface area contributed by atoms with Gasteiger partial charge in [-0.1, -0.05) is 5.04 Å². The van der Waals surface area contributed by atoms with E-state index in [-0.39, 0.29) is 61.3 Å². The highest BCUT2D eigenvalue weighted by atomic mass is 32.2. The van der Waals surface area contributed by atoms with Crippen LogP contribution in [0.5, 0.6) is 5.75 Å². The maximum absolute atomic E-state index is 13.2. The number of fused-ring (bicyclic) bond motifs is 1. The summed E-state index contributed by atoms with van der Waals surface area (Å²) in [6, 6.07) is 15.6. The maximum Gasteiger partial charge on any atom is 0.296 e. The van der Waals surface area contributed by atoms with E-state index in [4.69, 9.17) is 27.7 Å². The van der Waals surface area contributed by atoms with Crippen LogP contribution in [0.25, 0.3) is 10.8 Å². The molecule has 6 aromatic carbocycles. The molecule has 0 amide bonds. The molecule has 6 aromatic rings. The lowest BCUT2D eigenvalue weighted by Crippen LogP contribution is -2.15. The SMILES string of the molecule is Nc1cc(N)c(S(=O)(=O)O)cc1N=Nc1ccc(S(=O)(=O)Nc2ccc(N=Nc3c(S(=O)(=O)O)cc4cc(SOOO)c(N=Nc5ccc(S(=O)(=O)CCS(=O)OO)cc5S(=O)(=O)O)c(O)c4c3N)cc2)cc1. The van der Waals surface area contributed by atoms with Crippen molar-refractivity contribution in [3.63, 3.8) is 0 Å². The van der Waals surface area contributed by atoms with Crippen molar-refractivity contribution in [3.8, 4) is 5.75 Å². The van der Waals surface area contributed by atoms with Crippen LogP contribution >= 0.6 is 12.0 Å². The predicted molar refractivity (Wildman–Crippen MR) is 257 cm³/mol. The molecule has 0 bridgehead atoms. The molecular formula is C36H32N10O20S7. The second kappa shape index (κ2) is 21.8. The average Bonchev–Trinajstić information content (AvgIpc) is 3.31. The quantitative estimate of drug-likeness (QED) is 0.00982. The highest BCUT2D eigenvalue weighted by molar-refractivity contribution is 7.94. The molecule has 30 nitrogen and oxygen atoms in total. The van der Waals surface area contributed by atoms with Crippen molar-refractivity contribution < 1.29 is 89.3 Å². The monoisotopic (exact) mass is 1150 g/mol. The van der Waals surface area contributed by atoms with Crippen LogP contribution in [0, 0.1) is 0 Å².